The van der Waals surface area contributed by atoms with E-state index in [1.165, 1.54) is 30.5 Å². The van der Waals surface area contributed by atoms with Gasteiger partial charge in [-0.25, -0.2) is 0 Å². The van der Waals surface area contributed by atoms with E-state index in [1.807, 2.05) is 72.8 Å². The summed E-state index contributed by atoms with van der Waals surface area (Å²) in [6, 6.07) is 35.2. The molecule has 3 atom stereocenters. The molecule has 0 saturated heterocycles. The molecule has 3 aliphatic heterocycles. The van der Waals surface area contributed by atoms with Gasteiger partial charge in [0.05, 0.1) is 0 Å². The zero-order valence-electron chi connectivity index (χ0n) is 59.2. The van der Waals surface area contributed by atoms with E-state index in [2.05, 4.69) is 161 Å². The van der Waals surface area contributed by atoms with Gasteiger partial charge in [0, 0.05) is 53.6 Å². The molecule has 3 unspecified atom stereocenters. The first-order valence-corrected chi connectivity index (χ1v) is 32.5. The Hall–Kier alpha value is -8.46. The second-order valence-corrected chi connectivity index (χ2v) is 30.4. The highest BCUT2D eigenvalue weighted by Gasteiger charge is 2.43. The van der Waals surface area contributed by atoms with Gasteiger partial charge in [-0.2, -0.15) is 0 Å². The molecule has 9 rings (SSSR count). The quantitative estimate of drug-likeness (QED) is 0.0385. The molecule has 0 bridgehead atoms. The monoisotopic (exact) mass is 1290 g/mol. The number of fused-ring (bicyclic) bond motifs is 3. The fourth-order valence-electron chi connectivity index (χ4n) is 11.1. The zero-order valence-corrected chi connectivity index (χ0v) is 59.2. The van der Waals surface area contributed by atoms with Crippen LogP contribution >= 0.6 is 0 Å². The van der Waals surface area contributed by atoms with Crippen molar-refractivity contribution < 1.29 is 71.4 Å². The van der Waals surface area contributed by atoms with Crippen LogP contribution in [0.4, 0.5) is 0 Å². The number of benzene rings is 6. The van der Waals surface area contributed by atoms with Crippen LogP contribution in [0.5, 0.6) is 34.5 Å². The molecule has 504 valence electrons. The van der Waals surface area contributed by atoms with Crippen LogP contribution in [0.25, 0.3) is 0 Å². The van der Waals surface area contributed by atoms with Crippen molar-refractivity contribution >= 4 is 35.8 Å². The molecule has 0 N–H and O–H groups in total. The second kappa shape index (κ2) is 29.0. The molecule has 0 fully saturated rings. The van der Waals surface area contributed by atoms with Gasteiger partial charge in [-0.15, -0.1) is 0 Å². The summed E-state index contributed by atoms with van der Waals surface area (Å²) in [5.41, 5.74) is 11.5. The highest BCUT2D eigenvalue weighted by molar-refractivity contribution is 5.92. The number of ether oxygens (including phenoxy) is 9. The van der Waals surface area contributed by atoms with Gasteiger partial charge in [-0.05, 0) is 102 Å². The van der Waals surface area contributed by atoms with Crippen LogP contribution in [-0.2, 0) is 75.5 Å². The van der Waals surface area contributed by atoms with Gasteiger partial charge < -0.3 is 42.6 Å². The molecular formula is C79H98O15. The highest BCUT2D eigenvalue weighted by atomic mass is 16.6. The number of hydrogen-bond acceptors (Lipinski definition) is 15. The molecule has 15 nitrogen and oxygen atoms in total. The summed E-state index contributed by atoms with van der Waals surface area (Å²) in [4.78, 5) is 71.7. The van der Waals surface area contributed by atoms with Crippen molar-refractivity contribution in [1.29, 1.82) is 0 Å². The normalized spacial score (nSPS) is 15.9. The van der Waals surface area contributed by atoms with Crippen LogP contribution in [0.15, 0.2) is 109 Å². The van der Waals surface area contributed by atoms with Crippen molar-refractivity contribution in [3.05, 3.63) is 176 Å². The van der Waals surface area contributed by atoms with Crippen LogP contribution in [0.2, 0.25) is 0 Å². The lowest BCUT2D eigenvalue weighted by Crippen LogP contribution is -2.17. The van der Waals surface area contributed by atoms with Crippen LogP contribution in [0, 0.1) is 0 Å². The standard InChI is InChI=1S/C27H34O5.2C26H32O5/c1-8-22(28)31-14-13-30-19-11-9-17(10-12-19)23-20-15-18(26(2,3)4)16-21(27(5,6)7)24(20)32-25(23)29;2*1-16(27)29-12-13-30-19-10-8-17(9-11-19)22-20-14-18(25(2,3)4)15-21(26(5,6)7)23(20)31-24(22)28/h9-12,15-16,23H,8,13-14H2,1-7H3;2*8-11,14-15,22H,12-13H2,1-7H3. The average Bonchev–Trinajstić information content (AvgIpc) is 1.58. The van der Waals surface area contributed by atoms with Crippen molar-refractivity contribution in [3.8, 4) is 34.5 Å². The highest BCUT2D eigenvalue weighted by Crippen LogP contribution is 2.51. The summed E-state index contributed by atoms with van der Waals surface area (Å²) in [7, 11) is 0. The third kappa shape index (κ3) is 18.3. The summed E-state index contributed by atoms with van der Waals surface area (Å²) in [5.74, 6) is 0.981. The lowest BCUT2D eigenvalue weighted by molar-refractivity contribution is -0.144. The smallest absolute Gasteiger partial charge is 0.323 e. The van der Waals surface area contributed by atoms with E-state index in [9.17, 15) is 28.8 Å². The van der Waals surface area contributed by atoms with E-state index in [0.29, 0.717) is 40.9 Å². The molecule has 0 aliphatic carbocycles. The third-order valence-corrected chi connectivity index (χ3v) is 16.5. The fourth-order valence-corrected chi connectivity index (χ4v) is 11.1. The second-order valence-electron chi connectivity index (χ2n) is 30.4. The van der Waals surface area contributed by atoms with E-state index < -0.39 is 17.8 Å². The average molecular weight is 1290 g/mol. The van der Waals surface area contributed by atoms with Gasteiger partial charge in [0.1, 0.15) is 91.9 Å². The lowest BCUT2D eigenvalue weighted by atomic mass is 9.77. The maximum atomic E-state index is 13.0. The molecule has 3 heterocycles. The van der Waals surface area contributed by atoms with E-state index in [4.69, 9.17) is 42.6 Å². The molecule has 0 saturated carbocycles. The number of esters is 6. The Balaban J connectivity index is 0.000000200. The van der Waals surface area contributed by atoms with Gasteiger partial charge in [0.25, 0.3) is 0 Å². The summed E-state index contributed by atoms with van der Waals surface area (Å²) in [6.45, 7) is 44.8. The van der Waals surface area contributed by atoms with Gasteiger partial charge in [0.2, 0.25) is 0 Å². The topological polar surface area (TPSA) is 185 Å². The molecule has 0 radical (unpaired) electrons. The fraction of sp³-hybridized carbons (Fsp3) is 0.468. The van der Waals surface area contributed by atoms with E-state index in [1.54, 1.807) is 6.92 Å². The third-order valence-electron chi connectivity index (χ3n) is 16.5. The minimum Gasteiger partial charge on any atom is -0.490 e. The molecule has 3 aliphatic rings. The Bertz CT molecular complexity index is 3550. The Labute approximate surface area is 556 Å². The number of hydrogen-bond donors (Lipinski definition) is 0. The van der Waals surface area contributed by atoms with Crippen LogP contribution < -0.4 is 28.4 Å². The first kappa shape index (κ1) is 73.0. The first-order chi connectivity index (χ1) is 43.7. The minimum absolute atomic E-state index is 0.0507. The van der Waals surface area contributed by atoms with Gasteiger partial charge in [-0.1, -0.05) is 204 Å². The Morgan fingerprint density at radius 3 is 0.809 bits per heavy atom. The Morgan fingerprint density at radius 2 is 0.596 bits per heavy atom. The van der Waals surface area contributed by atoms with Crippen LogP contribution in [-0.4, -0.2) is 75.5 Å². The van der Waals surface area contributed by atoms with Crippen LogP contribution in [0.3, 0.4) is 0 Å². The predicted molar refractivity (Wildman–Crippen MR) is 364 cm³/mol. The molecule has 0 spiro atoms. The molecule has 0 aromatic heterocycles. The van der Waals surface area contributed by atoms with Crippen molar-refractivity contribution in [2.45, 2.75) is 202 Å². The number of rotatable bonds is 16. The van der Waals surface area contributed by atoms with E-state index in [-0.39, 0.29) is 108 Å². The molecule has 0 amide bonds. The SMILES string of the molecule is CC(=O)OCCOc1ccc(C2C(=O)Oc3c2cc(C(C)(C)C)cc3C(C)(C)C)cc1.CC(=O)OCCOc1ccc(C2C(=O)Oc3c2cc(C(C)(C)C)cc3C(C)(C)C)cc1.CCC(=O)OCCOc1ccc(C2C(=O)Oc3c2cc(C(C)(C)C)cc3C(C)(C)C)cc1. The minimum atomic E-state index is -0.465. The molecule has 94 heavy (non-hydrogen) atoms. The molecule has 6 aromatic rings. The van der Waals surface area contributed by atoms with Crippen molar-refractivity contribution in [2.24, 2.45) is 0 Å². The predicted octanol–water partition coefficient (Wildman–Crippen LogP) is 16.2. The van der Waals surface area contributed by atoms with Gasteiger partial charge >= 0.3 is 35.8 Å². The Morgan fingerprint density at radius 1 is 0.351 bits per heavy atom. The van der Waals surface area contributed by atoms with Crippen LogP contribution in [0.1, 0.15) is 236 Å². The van der Waals surface area contributed by atoms with Gasteiger partial charge in [-0.3, -0.25) is 28.8 Å². The Kier molecular flexibility index (Phi) is 22.5. The number of carbonyl (C=O) groups is 6. The van der Waals surface area contributed by atoms with Gasteiger partial charge in [0.15, 0.2) is 0 Å². The lowest BCUT2D eigenvalue weighted by Gasteiger charge is -2.27. The molecule has 15 heteroatoms. The number of carbonyl (C=O) groups excluding carboxylic acids is 6. The van der Waals surface area contributed by atoms with Crippen molar-refractivity contribution in [1.82, 2.24) is 0 Å². The maximum Gasteiger partial charge on any atom is 0.323 e. The maximum absolute atomic E-state index is 13.0. The van der Waals surface area contributed by atoms with E-state index in [0.717, 1.165) is 50.1 Å². The molecular weight excluding hydrogens is 1190 g/mol. The summed E-state index contributed by atoms with van der Waals surface area (Å²) in [5, 5.41) is 0. The van der Waals surface area contributed by atoms with E-state index >= 15 is 0 Å². The molecule has 6 aromatic carbocycles. The van der Waals surface area contributed by atoms with Crippen molar-refractivity contribution in [2.75, 3.05) is 39.6 Å². The summed E-state index contributed by atoms with van der Waals surface area (Å²) >= 11 is 0. The van der Waals surface area contributed by atoms with Crippen molar-refractivity contribution in [3.63, 3.8) is 0 Å². The largest absolute Gasteiger partial charge is 0.490 e. The summed E-state index contributed by atoms with van der Waals surface area (Å²) < 4.78 is 49.1. The zero-order chi connectivity index (χ0) is 69.6. The first-order valence-electron chi connectivity index (χ1n) is 32.5. The summed E-state index contributed by atoms with van der Waals surface area (Å²) in [6.07, 6.45) is 0.349.